The van der Waals surface area contributed by atoms with Crippen molar-refractivity contribution >= 4 is 15.9 Å². The van der Waals surface area contributed by atoms with E-state index < -0.39 is 5.60 Å². The molecule has 0 aliphatic carbocycles. The minimum atomic E-state index is -0.552. The normalized spacial score (nSPS) is 29.2. The molecule has 2 rings (SSSR count). The van der Waals surface area contributed by atoms with Crippen LogP contribution in [0.5, 0.6) is 0 Å². The van der Waals surface area contributed by atoms with Crippen LogP contribution in [0.3, 0.4) is 0 Å². The fourth-order valence-corrected chi connectivity index (χ4v) is 3.13. The number of aliphatic hydroxyl groups is 1. The first kappa shape index (κ1) is 13.1. The van der Waals surface area contributed by atoms with E-state index >= 15 is 0 Å². The van der Waals surface area contributed by atoms with E-state index in [2.05, 4.69) is 34.2 Å². The predicted molar refractivity (Wildman–Crippen MR) is 74.1 cm³/mol. The van der Waals surface area contributed by atoms with Gasteiger partial charge < -0.3 is 10.4 Å². The van der Waals surface area contributed by atoms with Crippen molar-refractivity contribution in [2.24, 2.45) is 5.92 Å². The fourth-order valence-electron chi connectivity index (χ4n) is 2.70. The van der Waals surface area contributed by atoms with E-state index in [0.717, 1.165) is 36.8 Å². The van der Waals surface area contributed by atoms with Crippen molar-refractivity contribution in [3.8, 4) is 0 Å². The summed E-state index contributed by atoms with van der Waals surface area (Å²) in [4.78, 5) is 0. The Morgan fingerprint density at radius 1 is 1.47 bits per heavy atom. The molecule has 0 amide bonds. The summed E-state index contributed by atoms with van der Waals surface area (Å²) in [6.07, 6.45) is 2.61. The van der Waals surface area contributed by atoms with Crippen molar-refractivity contribution < 1.29 is 5.11 Å². The molecule has 0 saturated carbocycles. The summed E-state index contributed by atoms with van der Waals surface area (Å²) in [5.74, 6) is 0.350. The molecule has 2 unspecified atom stereocenters. The Kier molecular flexibility index (Phi) is 4.23. The first-order valence-electron chi connectivity index (χ1n) is 6.32. The maximum Gasteiger partial charge on any atom is 0.0740 e. The van der Waals surface area contributed by atoms with Gasteiger partial charge in [0.15, 0.2) is 0 Å². The Bertz CT molecular complexity index is 382. The van der Waals surface area contributed by atoms with Crippen LogP contribution >= 0.6 is 15.9 Å². The molecule has 17 heavy (non-hydrogen) atoms. The molecule has 0 aromatic heterocycles. The third-order valence-electron chi connectivity index (χ3n) is 3.83. The van der Waals surface area contributed by atoms with E-state index in [1.54, 1.807) is 0 Å². The zero-order valence-electron chi connectivity index (χ0n) is 10.2. The first-order chi connectivity index (χ1) is 8.15. The van der Waals surface area contributed by atoms with Gasteiger partial charge in [0.1, 0.15) is 0 Å². The maximum absolute atomic E-state index is 10.8. The fraction of sp³-hybridized carbons (Fsp3) is 0.571. The van der Waals surface area contributed by atoms with Gasteiger partial charge >= 0.3 is 0 Å². The van der Waals surface area contributed by atoms with Gasteiger partial charge in [-0.05, 0) is 31.0 Å². The quantitative estimate of drug-likeness (QED) is 0.899. The highest BCUT2D eigenvalue weighted by Crippen LogP contribution is 2.32. The van der Waals surface area contributed by atoms with Gasteiger partial charge in [0, 0.05) is 23.4 Å². The highest BCUT2D eigenvalue weighted by molar-refractivity contribution is 9.10. The largest absolute Gasteiger partial charge is 0.389 e. The molecule has 0 bridgehead atoms. The highest BCUT2D eigenvalue weighted by atomic mass is 79.9. The molecular weight excluding hydrogens is 278 g/mol. The van der Waals surface area contributed by atoms with Gasteiger partial charge in [0.25, 0.3) is 0 Å². The predicted octanol–water partition coefficient (Wildman–Crippen LogP) is 2.74. The molecule has 1 saturated heterocycles. The zero-order valence-corrected chi connectivity index (χ0v) is 11.8. The summed E-state index contributed by atoms with van der Waals surface area (Å²) in [5, 5.41) is 14.2. The van der Waals surface area contributed by atoms with Gasteiger partial charge in [-0.1, -0.05) is 41.1 Å². The van der Waals surface area contributed by atoms with E-state index in [9.17, 15) is 5.11 Å². The lowest BCUT2D eigenvalue weighted by molar-refractivity contribution is -0.0415. The lowest BCUT2D eigenvalue weighted by Gasteiger charge is -2.40. The van der Waals surface area contributed by atoms with Crippen LogP contribution in [0.15, 0.2) is 28.7 Å². The summed E-state index contributed by atoms with van der Waals surface area (Å²) >= 11 is 3.56. The molecule has 0 spiro atoms. The lowest BCUT2D eigenvalue weighted by atomic mass is 9.76. The molecule has 1 aromatic rings. The molecule has 2 atom stereocenters. The van der Waals surface area contributed by atoms with Crippen LogP contribution in [-0.2, 0) is 6.42 Å². The van der Waals surface area contributed by atoms with Crippen LogP contribution in [0.2, 0.25) is 0 Å². The molecule has 1 heterocycles. The maximum atomic E-state index is 10.8. The van der Waals surface area contributed by atoms with Gasteiger partial charge in [-0.25, -0.2) is 0 Å². The lowest BCUT2D eigenvalue weighted by Crippen LogP contribution is -2.51. The number of halogens is 1. The van der Waals surface area contributed by atoms with Crippen LogP contribution < -0.4 is 5.32 Å². The minimum absolute atomic E-state index is 0.350. The van der Waals surface area contributed by atoms with Gasteiger partial charge in [0.2, 0.25) is 0 Å². The number of piperidine rings is 1. The molecule has 1 aliphatic heterocycles. The Morgan fingerprint density at radius 2 is 2.24 bits per heavy atom. The molecule has 3 heteroatoms. The number of benzene rings is 1. The molecule has 1 aliphatic rings. The van der Waals surface area contributed by atoms with Crippen molar-refractivity contribution in [1.29, 1.82) is 0 Å². The van der Waals surface area contributed by atoms with E-state index in [-0.39, 0.29) is 0 Å². The number of hydrogen-bond donors (Lipinski definition) is 2. The molecular formula is C14H20BrNO. The molecule has 1 aromatic carbocycles. The standard InChI is InChI=1S/C14H20BrNO/c1-2-12-10-16-8-7-14(12,17)9-11-5-3-4-6-13(11)15/h3-6,12,16-17H,2,7-10H2,1H3. The van der Waals surface area contributed by atoms with Crippen molar-refractivity contribution in [3.63, 3.8) is 0 Å². The van der Waals surface area contributed by atoms with E-state index in [0.29, 0.717) is 5.92 Å². The van der Waals surface area contributed by atoms with Crippen LogP contribution in [0.25, 0.3) is 0 Å². The monoisotopic (exact) mass is 297 g/mol. The van der Waals surface area contributed by atoms with Crippen LogP contribution in [0, 0.1) is 5.92 Å². The smallest absolute Gasteiger partial charge is 0.0740 e. The SMILES string of the molecule is CCC1CNCCC1(O)Cc1ccccc1Br. The summed E-state index contributed by atoms with van der Waals surface area (Å²) in [5.41, 5.74) is 0.652. The molecule has 1 fully saturated rings. The number of rotatable bonds is 3. The second-order valence-electron chi connectivity index (χ2n) is 4.93. The van der Waals surface area contributed by atoms with Crippen molar-refractivity contribution in [2.75, 3.05) is 13.1 Å². The Hall–Kier alpha value is -0.380. The average molecular weight is 298 g/mol. The molecule has 0 radical (unpaired) electrons. The summed E-state index contributed by atoms with van der Waals surface area (Å²) < 4.78 is 1.10. The van der Waals surface area contributed by atoms with Crippen LogP contribution in [-0.4, -0.2) is 23.8 Å². The highest BCUT2D eigenvalue weighted by Gasteiger charge is 2.37. The van der Waals surface area contributed by atoms with E-state index in [1.165, 1.54) is 5.56 Å². The third kappa shape index (κ3) is 2.90. The third-order valence-corrected chi connectivity index (χ3v) is 4.61. The second kappa shape index (κ2) is 5.51. The zero-order chi connectivity index (χ0) is 12.3. The number of hydrogen-bond acceptors (Lipinski definition) is 2. The van der Waals surface area contributed by atoms with Gasteiger partial charge in [0.05, 0.1) is 5.60 Å². The molecule has 2 N–H and O–H groups in total. The first-order valence-corrected chi connectivity index (χ1v) is 7.11. The Balaban J connectivity index is 2.18. The van der Waals surface area contributed by atoms with Gasteiger partial charge in [-0.3, -0.25) is 0 Å². The Labute approximate surface area is 112 Å². The van der Waals surface area contributed by atoms with Gasteiger partial charge in [-0.2, -0.15) is 0 Å². The summed E-state index contributed by atoms with van der Waals surface area (Å²) in [6.45, 7) is 4.00. The topological polar surface area (TPSA) is 32.3 Å². The van der Waals surface area contributed by atoms with Crippen LogP contribution in [0.1, 0.15) is 25.3 Å². The van der Waals surface area contributed by atoms with Crippen molar-refractivity contribution in [3.05, 3.63) is 34.3 Å². The summed E-state index contributed by atoms with van der Waals surface area (Å²) in [6, 6.07) is 8.18. The van der Waals surface area contributed by atoms with E-state index in [1.807, 2.05) is 18.2 Å². The van der Waals surface area contributed by atoms with Crippen molar-refractivity contribution in [1.82, 2.24) is 5.32 Å². The van der Waals surface area contributed by atoms with E-state index in [4.69, 9.17) is 0 Å². The van der Waals surface area contributed by atoms with Gasteiger partial charge in [-0.15, -0.1) is 0 Å². The Morgan fingerprint density at radius 3 is 2.94 bits per heavy atom. The minimum Gasteiger partial charge on any atom is -0.389 e. The average Bonchev–Trinajstić information content (AvgIpc) is 2.32. The number of nitrogens with one attached hydrogen (secondary N) is 1. The van der Waals surface area contributed by atoms with Crippen LogP contribution in [0.4, 0.5) is 0 Å². The van der Waals surface area contributed by atoms with Crippen molar-refractivity contribution in [2.45, 2.75) is 31.8 Å². The summed E-state index contributed by atoms with van der Waals surface area (Å²) in [7, 11) is 0. The molecule has 94 valence electrons. The molecule has 2 nitrogen and oxygen atoms in total. The second-order valence-corrected chi connectivity index (χ2v) is 5.79.